The Morgan fingerprint density at radius 3 is 2.55 bits per heavy atom. The summed E-state index contributed by atoms with van der Waals surface area (Å²) < 4.78 is 11.9. The number of rotatable bonds is 8. The molecule has 0 unspecified atom stereocenters. The van der Waals surface area contributed by atoms with Crippen LogP contribution in [0, 0.1) is 0 Å². The van der Waals surface area contributed by atoms with Gasteiger partial charge in [0.05, 0.1) is 19.8 Å². The zero-order valence-corrected chi connectivity index (χ0v) is 19.8. The van der Waals surface area contributed by atoms with E-state index in [4.69, 9.17) is 15.3 Å². The van der Waals surface area contributed by atoms with Gasteiger partial charge in [-0.3, -0.25) is 14.7 Å². The second-order valence-corrected chi connectivity index (χ2v) is 9.12. The summed E-state index contributed by atoms with van der Waals surface area (Å²) in [6.45, 7) is 2.78. The van der Waals surface area contributed by atoms with Gasteiger partial charge in [0, 0.05) is 44.5 Å². The number of likely N-dealkylation sites (N-methyl/N-ethyl adjacent to an activating group) is 1. The lowest BCUT2D eigenvalue weighted by Gasteiger charge is -2.42. The van der Waals surface area contributed by atoms with Crippen molar-refractivity contribution in [3.8, 4) is 11.5 Å². The predicted molar refractivity (Wildman–Crippen MR) is 131 cm³/mol. The van der Waals surface area contributed by atoms with E-state index >= 15 is 0 Å². The fraction of sp³-hybridized carbons (Fsp3) is 0.500. The van der Waals surface area contributed by atoms with E-state index in [1.807, 2.05) is 12.1 Å². The average molecular weight is 453 g/mol. The number of hydrazine groups is 1. The molecule has 0 aromatic heterocycles. The second kappa shape index (κ2) is 10.9. The third-order valence-electron chi connectivity index (χ3n) is 6.76. The lowest BCUT2D eigenvalue weighted by molar-refractivity contribution is -0.132. The maximum Gasteiger partial charge on any atom is 0.250 e. The summed E-state index contributed by atoms with van der Waals surface area (Å²) in [4.78, 5) is 17.0. The number of piperazine rings is 1. The molecule has 0 radical (unpaired) electrons. The molecule has 7 nitrogen and oxygen atoms in total. The van der Waals surface area contributed by atoms with Gasteiger partial charge in [-0.15, -0.1) is 0 Å². The number of methoxy groups -OCH3 is 1. The summed E-state index contributed by atoms with van der Waals surface area (Å²) >= 11 is 0. The summed E-state index contributed by atoms with van der Waals surface area (Å²) in [5, 5.41) is 1.18. The van der Waals surface area contributed by atoms with Crippen molar-refractivity contribution in [1.29, 1.82) is 0 Å². The van der Waals surface area contributed by atoms with Gasteiger partial charge in [0.25, 0.3) is 0 Å². The SMILES string of the molecule is COc1ccc(N2CCN(CC(=O)N(C)N)[C@@H](Cc3ccccc3)C2)cc1OC1CCCC1. The van der Waals surface area contributed by atoms with Crippen molar-refractivity contribution >= 4 is 11.6 Å². The van der Waals surface area contributed by atoms with Gasteiger partial charge in [-0.05, 0) is 49.8 Å². The van der Waals surface area contributed by atoms with Gasteiger partial charge >= 0.3 is 0 Å². The van der Waals surface area contributed by atoms with Crippen LogP contribution >= 0.6 is 0 Å². The average Bonchev–Trinajstić information content (AvgIpc) is 3.34. The van der Waals surface area contributed by atoms with Gasteiger partial charge in [0.1, 0.15) is 0 Å². The number of hydrogen-bond donors (Lipinski definition) is 1. The van der Waals surface area contributed by atoms with Crippen molar-refractivity contribution < 1.29 is 14.3 Å². The zero-order chi connectivity index (χ0) is 23.2. The van der Waals surface area contributed by atoms with Gasteiger partial charge in [-0.1, -0.05) is 30.3 Å². The summed E-state index contributed by atoms with van der Waals surface area (Å²) in [6, 6.07) is 16.9. The van der Waals surface area contributed by atoms with Crippen LogP contribution in [0.5, 0.6) is 11.5 Å². The Morgan fingerprint density at radius 2 is 1.85 bits per heavy atom. The topological polar surface area (TPSA) is 71.3 Å². The molecule has 4 rings (SSSR count). The first-order valence-electron chi connectivity index (χ1n) is 11.9. The van der Waals surface area contributed by atoms with Crippen LogP contribution in [0.2, 0.25) is 0 Å². The molecule has 1 saturated carbocycles. The number of hydrogen-bond acceptors (Lipinski definition) is 6. The van der Waals surface area contributed by atoms with Crippen LogP contribution in [0.4, 0.5) is 5.69 Å². The monoisotopic (exact) mass is 452 g/mol. The summed E-state index contributed by atoms with van der Waals surface area (Å²) in [6.07, 6.45) is 5.82. The van der Waals surface area contributed by atoms with Crippen molar-refractivity contribution in [3.05, 3.63) is 54.1 Å². The minimum atomic E-state index is -0.0711. The van der Waals surface area contributed by atoms with E-state index in [0.29, 0.717) is 6.54 Å². The molecule has 178 valence electrons. The molecular weight excluding hydrogens is 416 g/mol. The molecule has 2 fully saturated rings. The predicted octanol–water partition coefficient (Wildman–Crippen LogP) is 3.08. The molecule has 1 atom stereocenters. The third-order valence-corrected chi connectivity index (χ3v) is 6.76. The third kappa shape index (κ3) is 5.97. The Labute approximate surface area is 197 Å². The van der Waals surface area contributed by atoms with Crippen molar-refractivity contribution in [2.75, 3.05) is 45.2 Å². The Morgan fingerprint density at radius 1 is 1.09 bits per heavy atom. The number of anilines is 1. The van der Waals surface area contributed by atoms with Gasteiger partial charge < -0.3 is 14.4 Å². The number of nitrogens with two attached hydrogens (primary N) is 1. The standard InChI is InChI=1S/C26H36N4O3/c1-28(27)26(31)19-30-15-14-29(18-22(30)16-20-8-4-3-5-9-20)21-12-13-24(32-2)25(17-21)33-23-10-6-7-11-23/h3-5,8-9,12-13,17,22-23H,6-7,10-11,14-16,18-19,27H2,1-2H3/t22-/m0/s1. The lowest BCUT2D eigenvalue weighted by Crippen LogP contribution is -2.56. The Bertz CT molecular complexity index is 915. The largest absolute Gasteiger partial charge is 0.493 e. The molecule has 1 heterocycles. The van der Waals surface area contributed by atoms with Crippen LogP contribution in [-0.4, -0.2) is 68.3 Å². The van der Waals surface area contributed by atoms with Crippen LogP contribution < -0.4 is 20.2 Å². The van der Waals surface area contributed by atoms with E-state index in [-0.39, 0.29) is 18.1 Å². The maximum absolute atomic E-state index is 12.4. The molecule has 7 heteroatoms. The van der Waals surface area contributed by atoms with E-state index < -0.39 is 0 Å². The highest BCUT2D eigenvalue weighted by atomic mass is 16.5. The molecule has 1 saturated heterocycles. The summed E-state index contributed by atoms with van der Waals surface area (Å²) in [5.74, 6) is 7.23. The molecule has 2 aliphatic rings. The molecular formula is C26H36N4O3. The van der Waals surface area contributed by atoms with Crippen LogP contribution in [0.25, 0.3) is 0 Å². The number of benzene rings is 2. The van der Waals surface area contributed by atoms with Crippen LogP contribution in [0.1, 0.15) is 31.2 Å². The van der Waals surface area contributed by atoms with E-state index in [2.05, 4.69) is 46.2 Å². The minimum absolute atomic E-state index is 0.0711. The van der Waals surface area contributed by atoms with Crippen LogP contribution in [-0.2, 0) is 11.2 Å². The van der Waals surface area contributed by atoms with E-state index in [1.54, 1.807) is 14.2 Å². The Balaban J connectivity index is 1.52. The van der Waals surface area contributed by atoms with E-state index in [9.17, 15) is 4.79 Å². The molecule has 1 amide bonds. The first-order valence-corrected chi connectivity index (χ1v) is 11.9. The van der Waals surface area contributed by atoms with Gasteiger partial charge in [0.15, 0.2) is 11.5 Å². The van der Waals surface area contributed by atoms with Crippen molar-refractivity contribution in [2.24, 2.45) is 5.84 Å². The normalized spacial score (nSPS) is 19.5. The fourth-order valence-electron chi connectivity index (χ4n) is 4.84. The van der Waals surface area contributed by atoms with E-state index in [0.717, 1.165) is 56.1 Å². The number of carbonyl (C=O) groups excluding carboxylic acids is 1. The number of carbonyl (C=O) groups is 1. The second-order valence-electron chi connectivity index (χ2n) is 9.12. The summed E-state index contributed by atoms with van der Waals surface area (Å²) in [5.41, 5.74) is 2.40. The molecule has 2 aromatic carbocycles. The molecule has 2 aromatic rings. The smallest absolute Gasteiger partial charge is 0.250 e. The lowest BCUT2D eigenvalue weighted by atomic mass is 10.0. The fourth-order valence-corrected chi connectivity index (χ4v) is 4.84. The molecule has 0 bridgehead atoms. The summed E-state index contributed by atoms with van der Waals surface area (Å²) in [7, 11) is 3.30. The highest BCUT2D eigenvalue weighted by Crippen LogP contribution is 2.35. The van der Waals surface area contributed by atoms with Crippen molar-refractivity contribution in [3.63, 3.8) is 0 Å². The van der Waals surface area contributed by atoms with Crippen molar-refractivity contribution in [1.82, 2.24) is 9.91 Å². The molecule has 1 aliphatic heterocycles. The Hall–Kier alpha value is -2.77. The Kier molecular flexibility index (Phi) is 7.73. The zero-order valence-electron chi connectivity index (χ0n) is 19.8. The quantitative estimate of drug-likeness (QED) is 0.377. The molecule has 2 N–H and O–H groups in total. The number of amides is 1. The first kappa shape index (κ1) is 23.4. The highest BCUT2D eigenvalue weighted by Gasteiger charge is 2.30. The minimum Gasteiger partial charge on any atom is -0.493 e. The molecule has 33 heavy (non-hydrogen) atoms. The molecule has 1 aliphatic carbocycles. The van der Waals surface area contributed by atoms with Crippen LogP contribution in [0.3, 0.4) is 0 Å². The van der Waals surface area contributed by atoms with Crippen LogP contribution in [0.15, 0.2) is 48.5 Å². The van der Waals surface area contributed by atoms with Gasteiger partial charge in [-0.2, -0.15) is 0 Å². The number of nitrogens with zero attached hydrogens (tertiary/aromatic N) is 3. The number of ether oxygens (including phenoxy) is 2. The van der Waals surface area contributed by atoms with E-state index in [1.165, 1.54) is 23.4 Å². The highest BCUT2D eigenvalue weighted by molar-refractivity contribution is 5.77. The van der Waals surface area contributed by atoms with Crippen molar-refractivity contribution in [2.45, 2.75) is 44.2 Å². The molecule has 0 spiro atoms. The van der Waals surface area contributed by atoms with Gasteiger partial charge in [-0.25, -0.2) is 5.84 Å². The maximum atomic E-state index is 12.4. The van der Waals surface area contributed by atoms with Gasteiger partial charge in [0.2, 0.25) is 5.91 Å². The first-order chi connectivity index (χ1) is 16.0.